The van der Waals surface area contributed by atoms with Gasteiger partial charge < -0.3 is 20.1 Å². The van der Waals surface area contributed by atoms with E-state index >= 15 is 0 Å². The first-order valence-electron chi connectivity index (χ1n) is 8.26. The second-order valence-corrected chi connectivity index (χ2v) is 6.01. The van der Waals surface area contributed by atoms with Crippen LogP contribution in [0.4, 0.5) is 10.1 Å². The summed E-state index contributed by atoms with van der Waals surface area (Å²) in [6, 6.07) is 13.4. The monoisotopic (exact) mass is 330 g/mol. The number of nitrogens with one attached hydrogen (secondary N) is 1. The number of aryl methyl sites for hydroxylation is 1. The van der Waals surface area contributed by atoms with E-state index < -0.39 is 0 Å². The van der Waals surface area contributed by atoms with E-state index in [2.05, 4.69) is 41.4 Å². The Labute approximate surface area is 141 Å². The lowest BCUT2D eigenvalue weighted by atomic mass is 10.0. The largest absolute Gasteiger partial charge is 0.491 e. The van der Waals surface area contributed by atoms with Crippen LogP contribution in [0.15, 0.2) is 42.5 Å². The first kappa shape index (κ1) is 16.7. The molecule has 4 nitrogen and oxygen atoms in total. The summed E-state index contributed by atoms with van der Waals surface area (Å²) in [5, 5.41) is 12.2. The zero-order chi connectivity index (χ0) is 16.9. The van der Waals surface area contributed by atoms with Crippen molar-refractivity contribution in [3.8, 4) is 5.75 Å². The first-order chi connectivity index (χ1) is 11.7. The fraction of sp³-hybridized carbons (Fsp3) is 0.368. The van der Waals surface area contributed by atoms with Crippen molar-refractivity contribution in [1.29, 1.82) is 0 Å². The average Bonchev–Trinajstić information content (AvgIpc) is 2.61. The van der Waals surface area contributed by atoms with Gasteiger partial charge in [-0.2, -0.15) is 0 Å². The number of nitrogens with zero attached hydrogens (tertiary/aromatic N) is 1. The average molecular weight is 330 g/mol. The van der Waals surface area contributed by atoms with Crippen LogP contribution in [0.3, 0.4) is 0 Å². The maximum atomic E-state index is 14.6. The molecule has 128 valence electrons. The number of benzene rings is 2. The Kier molecular flexibility index (Phi) is 5.33. The molecule has 0 radical (unpaired) electrons. The van der Waals surface area contributed by atoms with Gasteiger partial charge in [-0.3, -0.25) is 0 Å². The summed E-state index contributed by atoms with van der Waals surface area (Å²) in [7, 11) is 0. The summed E-state index contributed by atoms with van der Waals surface area (Å²) in [6.45, 7) is 4.49. The van der Waals surface area contributed by atoms with Crippen molar-refractivity contribution in [1.82, 2.24) is 5.32 Å². The summed E-state index contributed by atoms with van der Waals surface area (Å²) < 4.78 is 19.9. The normalized spacial score (nSPS) is 17.8. The topological polar surface area (TPSA) is 44.7 Å². The lowest BCUT2D eigenvalue weighted by Gasteiger charge is -2.38. The van der Waals surface area contributed by atoms with E-state index in [1.807, 2.05) is 0 Å². The van der Waals surface area contributed by atoms with Crippen molar-refractivity contribution >= 4 is 5.69 Å². The fourth-order valence-corrected chi connectivity index (χ4v) is 3.05. The van der Waals surface area contributed by atoms with E-state index in [1.54, 1.807) is 12.1 Å². The maximum Gasteiger partial charge on any atom is 0.150 e. The number of hydrogen-bond donors (Lipinski definition) is 2. The zero-order valence-electron chi connectivity index (χ0n) is 13.8. The van der Waals surface area contributed by atoms with Crippen LogP contribution in [0.1, 0.15) is 17.2 Å². The minimum atomic E-state index is -0.301. The number of hydrogen-bond acceptors (Lipinski definition) is 4. The van der Waals surface area contributed by atoms with Crippen LogP contribution in [0.5, 0.6) is 5.75 Å². The Morgan fingerprint density at radius 3 is 2.75 bits per heavy atom. The predicted octanol–water partition coefficient (Wildman–Crippen LogP) is 2.66. The molecule has 2 aromatic carbocycles. The summed E-state index contributed by atoms with van der Waals surface area (Å²) >= 11 is 0. The van der Waals surface area contributed by atoms with Gasteiger partial charge in [-0.1, -0.05) is 29.8 Å². The van der Waals surface area contributed by atoms with Crippen LogP contribution >= 0.6 is 0 Å². The number of anilines is 1. The number of aliphatic hydroxyl groups excluding tert-OH is 1. The fourth-order valence-electron chi connectivity index (χ4n) is 3.05. The third-order valence-electron chi connectivity index (χ3n) is 4.29. The third-order valence-corrected chi connectivity index (χ3v) is 4.29. The van der Waals surface area contributed by atoms with Gasteiger partial charge in [-0.15, -0.1) is 0 Å². The van der Waals surface area contributed by atoms with Crippen molar-refractivity contribution < 1.29 is 14.2 Å². The number of aliphatic hydroxyl groups is 1. The Hall–Kier alpha value is -2.11. The molecule has 1 heterocycles. The van der Waals surface area contributed by atoms with Gasteiger partial charge in [0.25, 0.3) is 0 Å². The molecule has 0 aromatic heterocycles. The molecule has 0 spiro atoms. The molecule has 0 aliphatic carbocycles. The summed E-state index contributed by atoms with van der Waals surface area (Å²) in [5.41, 5.74) is 2.97. The van der Waals surface area contributed by atoms with Crippen molar-refractivity contribution in [3.63, 3.8) is 0 Å². The Balaban J connectivity index is 1.86. The maximum absolute atomic E-state index is 14.6. The van der Waals surface area contributed by atoms with Gasteiger partial charge >= 0.3 is 0 Å². The van der Waals surface area contributed by atoms with E-state index in [0.717, 1.165) is 19.6 Å². The molecule has 1 atom stereocenters. The minimum absolute atomic E-state index is 0.0866. The van der Waals surface area contributed by atoms with Crippen LogP contribution in [0.25, 0.3) is 0 Å². The Morgan fingerprint density at radius 2 is 2.04 bits per heavy atom. The zero-order valence-corrected chi connectivity index (χ0v) is 13.8. The summed E-state index contributed by atoms with van der Waals surface area (Å²) in [5.74, 6) is 0.136. The van der Waals surface area contributed by atoms with Gasteiger partial charge in [0, 0.05) is 25.7 Å². The van der Waals surface area contributed by atoms with Crippen LogP contribution in [-0.4, -0.2) is 38.0 Å². The minimum Gasteiger partial charge on any atom is -0.491 e. The SMILES string of the molecule is Cc1ccc([C@@H]2CNCCN2c2ccc(OCCO)cc2F)cc1. The molecule has 5 heteroatoms. The van der Waals surface area contributed by atoms with Gasteiger partial charge in [0.1, 0.15) is 18.2 Å². The Bertz CT molecular complexity index is 676. The molecule has 0 unspecified atom stereocenters. The predicted molar refractivity (Wildman–Crippen MR) is 93.1 cm³/mol. The van der Waals surface area contributed by atoms with E-state index in [1.165, 1.54) is 17.2 Å². The van der Waals surface area contributed by atoms with Gasteiger partial charge in [-0.25, -0.2) is 4.39 Å². The molecule has 1 saturated heterocycles. The molecule has 0 amide bonds. The van der Waals surface area contributed by atoms with Crippen LogP contribution in [-0.2, 0) is 0 Å². The van der Waals surface area contributed by atoms with Gasteiger partial charge in [0.15, 0.2) is 0 Å². The van der Waals surface area contributed by atoms with Gasteiger partial charge in [0.05, 0.1) is 18.3 Å². The standard InChI is InChI=1S/C19H23FN2O2/c1-14-2-4-15(5-3-14)19-13-21-8-9-22(19)18-7-6-16(12-17(18)20)24-11-10-23/h2-7,12,19,21,23H,8-11,13H2,1H3/t19-/m0/s1. The number of piperazine rings is 1. The van der Waals surface area contributed by atoms with E-state index in [0.29, 0.717) is 11.4 Å². The number of ether oxygens (including phenoxy) is 1. The van der Waals surface area contributed by atoms with Crippen molar-refractivity contribution in [2.75, 3.05) is 37.7 Å². The summed E-state index contributed by atoms with van der Waals surface area (Å²) in [6.07, 6.45) is 0. The third kappa shape index (κ3) is 3.68. The molecule has 1 aliphatic rings. The van der Waals surface area contributed by atoms with Crippen LogP contribution in [0, 0.1) is 12.7 Å². The van der Waals surface area contributed by atoms with E-state index in [-0.39, 0.29) is 25.1 Å². The lowest BCUT2D eigenvalue weighted by Crippen LogP contribution is -2.46. The molecule has 1 fully saturated rings. The molecule has 1 aliphatic heterocycles. The number of rotatable bonds is 5. The molecular weight excluding hydrogens is 307 g/mol. The van der Waals surface area contributed by atoms with Crippen LogP contribution in [0.2, 0.25) is 0 Å². The van der Waals surface area contributed by atoms with Crippen LogP contribution < -0.4 is 15.0 Å². The molecule has 2 N–H and O–H groups in total. The van der Waals surface area contributed by atoms with Crippen molar-refractivity contribution in [2.45, 2.75) is 13.0 Å². The lowest BCUT2D eigenvalue weighted by molar-refractivity contribution is 0.201. The Morgan fingerprint density at radius 1 is 1.25 bits per heavy atom. The highest BCUT2D eigenvalue weighted by Crippen LogP contribution is 2.32. The number of halogens is 1. The van der Waals surface area contributed by atoms with Crippen molar-refractivity contribution in [3.05, 3.63) is 59.4 Å². The highest BCUT2D eigenvalue weighted by Gasteiger charge is 2.26. The highest BCUT2D eigenvalue weighted by atomic mass is 19.1. The molecule has 2 aromatic rings. The second-order valence-electron chi connectivity index (χ2n) is 6.01. The smallest absolute Gasteiger partial charge is 0.150 e. The van der Waals surface area contributed by atoms with Crippen molar-refractivity contribution in [2.24, 2.45) is 0 Å². The molecule has 0 saturated carbocycles. The molecule has 3 rings (SSSR count). The van der Waals surface area contributed by atoms with Gasteiger partial charge in [-0.05, 0) is 24.6 Å². The quantitative estimate of drug-likeness (QED) is 0.885. The first-order valence-corrected chi connectivity index (χ1v) is 8.26. The molecular formula is C19H23FN2O2. The molecule has 0 bridgehead atoms. The molecule has 24 heavy (non-hydrogen) atoms. The van der Waals surface area contributed by atoms with E-state index in [4.69, 9.17) is 9.84 Å². The summed E-state index contributed by atoms with van der Waals surface area (Å²) in [4.78, 5) is 2.10. The second kappa shape index (κ2) is 7.64. The highest BCUT2D eigenvalue weighted by molar-refractivity contribution is 5.53. The van der Waals surface area contributed by atoms with E-state index in [9.17, 15) is 4.39 Å². The van der Waals surface area contributed by atoms with Gasteiger partial charge in [0.2, 0.25) is 0 Å².